The first-order valence-corrected chi connectivity index (χ1v) is 6.42. The Kier molecular flexibility index (Phi) is 3.99. The van der Waals surface area contributed by atoms with Crippen LogP contribution in [0.5, 0.6) is 0 Å². The van der Waals surface area contributed by atoms with Crippen LogP contribution in [-0.4, -0.2) is 4.99 Å². The van der Waals surface area contributed by atoms with E-state index in [1.165, 1.54) is 6.92 Å². The highest BCUT2D eigenvalue weighted by Crippen LogP contribution is 2.26. The van der Waals surface area contributed by atoms with Crippen molar-refractivity contribution in [1.82, 2.24) is 0 Å². The quantitative estimate of drug-likeness (QED) is 0.841. The molecule has 0 aromatic heterocycles. The van der Waals surface area contributed by atoms with Crippen molar-refractivity contribution in [1.29, 1.82) is 0 Å². The zero-order valence-electron chi connectivity index (χ0n) is 11.1. The maximum Gasteiger partial charge on any atom is 0.147 e. The molecule has 0 amide bonds. The minimum absolute atomic E-state index is 0.0520. The third-order valence-corrected chi connectivity index (χ3v) is 3.18. The topological polar surface area (TPSA) is 38.0 Å². The number of rotatable bonds is 3. The number of thiocarbonyl (C=S) groups is 1. The van der Waals surface area contributed by atoms with Gasteiger partial charge in [0.25, 0.3) is 0 Å². The number of benzene rings is 2. The van der Waals surface area contributed by atoms with Gasteiger partial charge in [-0.1, -0.05) is 18.3 Å². The van der Waals surface area contributed by atoms with E-state index < -0.39 is 11.6 Å². The summed E-state index contributed by atoms with van der Waals surface area (Å²) < 4.78 is 27.4. The minimum atomic E-state index is -0.528. The van der Waals surface area contributed by atoms with E-state index >= 15 is 0 Å². The van der Waals surface area contributed by atoms with Crippen LogP contribution in [0, 0.1) is 25.5 Å². The van der Waals surface area contributed by atoms with Crippen molar-refractivity contribution >= 4 is 28.6 Å². The molecule has 2 aromatic carbocycles. The molecule has 2 aromatic rings. The van der Waals surface area contributed by atoms with Gasteiger partial charge < -0.3 is 11.1 Å². The van der Waals surface area contributed by atoms with Gasteiger partial charge >= 0.3 is 0 Å². The SMILES string of the molecule is Cc1ccc(C(N)=S)c(Nc2cc(F)c(C)cc2F)c1. The van der Waals surface area contributed by atoms with Gasteiger partial charge in [0.2, 0.25) is 0 Å². The second-order valence-electron chi connectivity index (χ2n) is 4.62. The predicted octanol–water partition coefficient (Wildman–Crippen LogP) is 3.96. The molecule has 0 spiro atoms. The average Bonchev–Trinajstić information content (AvgIpc) is 2.35. The van der Waals surface area contributed by atoms with Crippen molar-refractivity contribution in [3.63, 3.8) is 0 Å². The molecule has 0 bridgehead atoms. The zero-order valence-corrected chi connectivity index (χ0v) is 11.9. The van der Waals surface area contributed by atoms with Crippen LogP contribution in [0.4, 0.5) is 20.2 Å². The molecule has 3 N–H and O–H groups in total. The van der Waals surface area contributed by atoms with Gasteiger partial charge in [-0.05, 0) is 43.2 Å². The lowest BCUT2D eigenvalue weighted by Gasteiger charge is -2.13. The van der Waals surface area contributed by atoms with Gasteiger partial charge in [0.05, 0.1) is 5.69 Å². The van der Waals surface area contributed by atoms with Crippen LogP contribution in [0.1, 0.15) is 16.7 Å². The number of nitrogens with two attached hydrogens (primary N) is 1. The monoisotopic (exact) mass is 292 g/mol. The molecule has 0 atom stereocenters. The van der Waals surface area contributed by atoms with E-state index in [1.54, 1.807) is 12.1 Å². The van der Waals surface area contributed by atoms with Crippen LogP contribution in [0.2, 0.25) is 0 Å². The van der Waals surface area contributed by atoms with E-state index in [0.717, 1.165) is 17.7 Å². The van der Waals surface area contributed by atoms with E-state index in [0.29, 0.717) is 11.3 Å². The summed E-state index contributed by atoms with van der Waals surface area (Å²) in [7, 11) is 0. The van der Waals surface area contributed by atoms with Crippen LogP contribution >= 0.6 is 12.2 Å². The normalized spacial score (nSPS) is 10.4. The van der Waals surface area contributed by atoms with Crippen LogP contribution in [0.15, 0.2) is 30.3 Å². The van der Waals surface area contributed by atoms with Crippen LogP contribution in [0.25, 0.3) is 0 Å². The number of anilines is 2. The predicted molar refractivity (Wildman–Crippen MR) is 81.4 cm³/mol. The second-order valence-corrected chi connectivity index (χ2v) is 5.06. The number of aryl methyl sites for hydroxylation is 2. The van der Waals surface area contributed by atoms with Gasteiger partial charge in [-0.3, -0.25) is 0 Å². The Bertz CT molecular complexity index is 684. The number of nitrogens with one attached hydrogen (secondary N) is 1. The molecule has 0 saturated heterocycles. The van der Waals surface area contributed by atoms with Gasteiger partial charge in [0.1, 0.15) is 16.6 Å². The largest absolute Gasteiger partial charge is 0.389 e. The Morgan fingerprint density at radius 2 is 1.75 bits per heavy atom. The number of halogens is 2. The van der Waals surface area contributed by atoms with Crippen LogP contribution in [0.3, 0.4) is 0 Å². The fourth-order valence-corrected chi connectivity index (χ4v) is 2.04. The smallest absolute Gasteiger partial charge is 0.147 e. The lowest BCUT2D eigenvalue weighted by Crippen LogP contribution is -2.12. The molecule has 0 unspecified atom stereocenters. The first kappa shape index (κ1) is 14.4. The summed E-state index contributed by atoms with van der Waals surface area (Å²) in [5.41, 5.74) is 8.05. The molecule has 20 heavy (non-hydrogen) atoms. The summed E-state index contributed by atoms with van der Waals surface area (Å²) in [6, 6.07) is 7.66. The summed E-state index contributed by atoms with van der Waals surface area (Å²) in [6.45, 7) is 3.40. The first-order chi connectivity index (χ1) is 9.38. The van der Waals surface area contributed by atoms with Crippen molar-refractivity contribution in [3.8, 4) is 0 Å². The zero-order chi connectivity index (χ0) is 14.9. The lowest BCUT2D eigenvalue weighted by molar-refractivity contribution is 0.595. The number of hydrogen-bond donors (Lipinski definition) is 2. The molecule has 2 rings (SSSR count). The summed E-state index contributed by atoms with van der Waals surface area (Å²) in [4.78, 5) is 0.195. The van der Waals surface area contributed by atoms with E-state index in [1.807, 2.05) is 13.0 Å². The average molecular weight is 292 g/mol. The Hall–Kier alpha value is -2.01. The lowest BCUT2D eigenvalue weighted by atomic mass is 10.1. The molecule has 0 saturated carbocycles. The fourth-order valence-electron chi connectivity index (χ4n) is 1.86. The number of hydrogen-bond acceptors (Lipinski definition) is 2. The Morgan fingerprint density at radius 1 is 1.05 bits per heavy atom. The minimum Gasteiger partial charge on any atom is -0.389 e. The van der Waals surface area contributed by atoms with Crippen molar-refractivity contribution < 1.29 is 8.78 Å². The van der Waals surface area contributed by atoms with Gasteiger partial charge in [-0.25, -0.2) is 8.78 Å². The summed E-state index contributed by atoms with van der Waals surface area (Å²) in [6.07, 6.45) is 0. The van der Waals surface area contributed by atoms with Crippen molar-refractivity contribution in [2.75, 3.05) is 5.32 Å². The fraction of sp³-hybridized carbons (Fsp3) is 0.133. The van der Waals surface area contributed by atoms with Crippen molar-refractivity contribution in [2.24, 2.45) is 5.73 Å². The maximum absolute atomic E-state index is 13.9. The highest BCUT2D eigenvalue weighted by molar-refractivity contribution is 7.80. The first-order valence-electron chi connectivity index (χ1n) is 6.01. The molecule has 2 nitrogen and oxygen atoms in total. The van der Waals surface area contributed by atoms with Crippen molar-refractivity contribution in [2.45, 2.75) is 13.8 Å². The van der Waals surface area contributed by atoms with E-state index in [4.69, 9.17) is 18.0 Å². The van der Waals surface area contributed by atoms with Gasteiger partial charge in [-0.2, -0.15) is 0 Å². The third kappa shape index (κ3) is 2.93. The molecule has 5 heteroatoms. The molecule has 0 aliphatic heterocycles. The van der Waals surface area contributed by atoms with Crippen molar-refractivity contribution in [3.05, 3.63) is 58.7 Å². The van der Waals surface area contributed by atoms with Gasteiger partial charge in [-0.15, -0.1) is 0 Å². The highest BCUT2D eigenvalue weighted by Gasteiger charge is 2.11. The molecule has 0 aliphatic rings. The Labute approximate surface area is 121 Å². The van der Waals surface area contributed by atoms with E-state index in [-0.39, 0.29) is 16.2 Å². The summed E-state index contributed by atoms with van der Waals surface area (Å²) in [5, 5.41) is 2.85. The van der Waals surface area contributed by atoms with Crippen LogP contribution < -0.4 is 11.1 Å². The van der Waals surface area contributed by atoms with E-state index in [2.05, 4.69) is 5.32 Å². The van der Waals surface area contributed by atoms with Gasteiger partial charge in [0.15, 0.2) is 0 Å². The van der Waals surface area contributed by atoms with E-state index in [9.17, 15) is 8.78 Å². The molecule has 104 valence electrons. The molecule has 0 radical (unpaired) electrons. The molecule has 0 fully saturated rings. The van der Waals surface area contributed by atoms with Gasteiger partial charge in [0, 0.05) is 17.3 Å². The summed E-state index contributed by atoms with van der Waals surface area (Å²) in [5.74, 6) is -1.00. The Balaban J connectivity index is 2.47. The standard InChI is InChI=1S/C15H14F2N2S/c1-8-3-4-10(15(18)20)13(5-8)19-14-7-11(16)9(2)6-12(14)17/h3-7,19H,1-2H3,(H2,18,20). The second kappa shape index (κ2) is 5.54. The maximum atomic E-state index is 13.9. The Morgan fingerprint density at radius 3 is 2.40 bits per heavy atom. The summed E-state index contributed by atoms with van der Waals surface area (Å²) >= 11 is 4.96. The molecular formula is C15H14F2N2S. The molecular weight excluding hydrogens is 278 g/mol. The molecule has 0 aliphatic carbocycles. The highest BCUT2D eigenvalue weighted by atomic mass is 32.1. The van der Waals surface area contributed by atoms with Crippen LogP contribution in [-0.2, 0) is 0 Å². The third-order valence-electron chi connectivity index (χ3n) is 2.96. The molecule has 0 heterocycles.